The summed E-state index contributed by atoms with van der Waals surface area (Å²) in [7, 11) is 1.60. The molecule has 3 nitrogen and oxygen atoms in total. The first kappa shape index (κ1) is 12.6. The van der Waals surface area contributed by atoms with Gasteiger partial charge in [0.25, 0.3) is 0 Å². The molecule has 3 N–H and O–H groups in total. The fourth-order valence-electron chi connectivity index (χ4n) is 1.91. The van der Waals surface area contributed by atoms with Gasteiger partial charge >= 0.3 is 0 Å². The van der Waals surface area contributed by atoms with Crippen LogP contribution in [0, 0.1) is 0 Å². The Kier molecular flexibility index (Phi) is 3.97. The molecule has 0 aromatic heterocycles. The van der Waals surface area contributed by atoms with Gasteiger partial charge in [-0.05, 0) is 17.2 Å². The number of hydrogen-bond acceptors (Lipinski definition) is 3. The lowest BCUT2D eigenvalue weighted by Gasteiger charge is -2.15. The van der Waals surface area contributed by atoms with Crippen molar-refractivity contribution in [1.29, 1.82) is 0 Å². The predicted molar refractivity (Wildman–Crippen MR) is 71.4 cm³/mol. The molecule has 2 aromatic rings. The number of hydrogen-bond donors (Lipinski definition) is 2. The van der Waals surface area contributed by atoms with Crippen LogP contribution in [0.4, 0.5) is 0 Å². The number of nitrogens with two attached hydrogens (primary N) is 1. The van der Waals surface area contributed by atoms with Crippen LogP contribution in [0.1, 0.15) is 22.8 Å². The normalized spacial score (nSPS) is 12.2. The third-order valence-electron chi connectivity index (χ3n) is 2.96. The van der Waals surface area contributed by atoms with Crippen LogP contribution in [0.3, 0.4) is 0 Å². The molecule has 0 bridgehead atoms. The highest BCUT2D eigenvalue weighted by Crippen LogP contribution is 2.29. The molecule has 0 aliphatic rings. The van der Waals surface area contributed by atoms with Gasteiger partial charge in [-0.1, -0.05) is 42.5 Å². The van der Waals surface area contributed by atoms with Gasteiger partial charge in [0, 0.05) is 12.1 Å². The molecular weight excluding hydrogens is 226 g/mol. The lowest BCUT2D eigenvalue weighted by Crippen LogP contribution is -2.03. The quantitative estimate of drug-likeness (QED) is 0.865. The number of aliphatic hydroxyl groups is 1. The zero-order chi connectivity index (χ0) is 13.0. The monoisotopic (exact) mass is 243 g/mol. The summed E-state index contributed by atoms with van der Waals surface area (Å²) in [5.74, 6) is 0.688. The summed E-state index contributed by atoms with van der Waals surface area (Å²) >= 11 is 0. The highest BCUT2D eigenvalue weighted by atomic mass is 16.5. The summed E-state index contributed by atoms with van der Waals surface area (Å²) in [4.78, 5) is 0. The van der Waals surface area contributed by atoms with Crippen LogP contribution in [0.2, 0.25) is 0 Å². The van der Waals surface area contributed by atoms with E-state index in [4.69, 9.17) is 10.5 Å². The molecule has 0 saturated carbocycles. The minimum Gasteiger partial charge on any atom is -0.496 e. The second-order valence-electron chi connectivity index (χ2n) is 4.09. The number of rotatable bonds is 4. The van der Waals surface area contributed by atoms with Crippen LogP contribution in [-0.4, -0.2) is 12.2 Å². The molecule has 3 heteroatoms. The number of ether oxygens (including phenoxy) is 1. The van der Waals surface area contributed by atoms with E-state index in [1.165, 1.54) is 0 Å². The topological polar surface area (TPSA) is 55.5 Å². The largest absolute Gasteiger partial charge is 0.496 e. The Balaban J connectivity index is 2.31. The van der Waals surface area contributed by atoms with Gasteiger partial charge in [-0.2, -0.15) is 0 Å². The minimum atomic E-state index is -0.687. The maximum Gasteiger partial charge on any atom is 0.125 e. The van der Waals surface area contributed by atoms with Gasteiger partial charge in [0.05, 0.1) is 7.11 Å². The third-order valence-corrected chi connectivity index (χ3v) is 2.96. The molecule has 18 heavy (non-hydrogen) atoms. The van der Waals surface area contributed by atoms with Crippen LogP contribution in [-0.2, 0) is 6.54 Å². The fourth-order valence-corrected chi connectivity index (χ4v) is 1.91. The Bertz CT molecular complexity index is 508. The van der Waals surface area contributed by atoms with Crippen molar-refractivity contribution in [2.24, 2.45) is 5.73 Å². The Morgan fingerprint density at radius 3 is 2.39 bits per heavy atom. The van der Waals surface area contributed by atoms with Crippen molar-refractivity contribution >= 4 is 0 Å². The molecule has 0 heterocycles. The molecule has 0 spiro atoms. The van der Waals surface area contributed by atoms with Crippen LogP contribution in [0.25, 0.3) is 0 Å². The van der Waals surface area contributed by atoms with Crippen molar-refractivity contribution in [3.8, 4) is 5.75 Å². The van der Waals surface area contributed by atoms with E-state index in [2.05, 4.69) is 0 Å². The molecule has 0 fully saturated rings. The lowest BCUT2D eigenvalue weighted by molar-refractivity contribution is 0.214. The average Bonchev–Trinajstić information content (AvgIpc) is 2.46. The van der Waals surface area contributed by atoms with Crippen molar-refractivity contribution in [1.82, 2.24) is 0 Å². The summed E-state index contributed by atoms with van der Waals surface area (Å²) < 4.78 is 5.25. The van der Waals surface area contributed by atoms with Gasteiger partial charge in [-0.25, -0.2) is 0 Å². The van der Waals surface area contributed by atoms with Crippen molar-refractivity contribution in [2.45, 2.75) is 12.6 Å². The number of aliphatic hydroxyl groups excluding tert-OH is 1. The zero-order valence-corrected chi connectivity index (χ0v) is 10.3. The number of benzene rings is 2. The SMILES string of the molecule is COc1ccccc1C(O)c1ccc(CN)cc1. The Labute approximate surface area is 107 Å². The molecule has 0 saturated heterocycles. The second kappa shape index (κ2) is 5.67. The molecule has 1 unspecified atom stereocenters. The van der Waals surface area contributed by atoms with Gasteiger partial charge in [-0.15, -0.1) is 0 Å². The summed E-state index contributed by atoms with van der Waals surface area (Å²) in [6.45, 7) is 0.505. The maximum absolute atomic E-state index is 10.4. The van der Waals surface area contributed by atoms with E-state index in [1.54, 1.807) is 7.11 Å². The summed E-state index contributed by atoms with van der Waals surface area (Å²) in [6, 6.07) is 15.1. The molecular formula is C15H17NO2. The molecule has 0 aliphatic heterocycles. The predicted octanol–water partition coefficient (Wildman–Crippen LogP) is 2.24. The van der Waals surface area contributed by atoms with Gasteiger partial charge < -0.3 is 15.6 Å². The van der Waals surface area contributed by atoms with Crippen molar-refractivity contribution in [3.05, 3.63) is 65.2 Å². The second-order valence-corrected chi connectivity index (χ2v) is 4.09. The molecule has 94 valence electrons. The molecule has 0 aliphatic carbocycles. The van der Waals surface area contributed by atoms with Crippen molar-refractivity contribution in [2.75, 3.05) is 7.11 Å². The zero-order valence-electron chi connectivity index (χ0n) is 10.3. The summed E-state index contributed by atoms with van der Waals surface area (Å²) in [5.41, 5.74) is 8.19. The van der Waals surface area contributed by atoms with Crippen LogP contribution < -0.4 is 10.5 Å². The van der Waals surface area contributed by atoms with Crippen molar-refractivity contribution in [3.63, 3.8) is 0 Å². The Morgan fingerprint density at radius 2 is 1.78 bits per heavy atom. The molecule has 2 rings (SSSR count). The first-order valence-corrected chi connectivity index (χ1v) is 5.86. The van der Waals surface area contributed by atoms with Crippen LogP contribution >= 0.6 is 0 Å². The van der Waals surface area contributed by atoms with Crippen LogP contribution in [0.15, 0.2) is 48.5 Å². The molecule has 0 radical (unpaired) electrons. The first-order valence-electron chi connectivity index (χ1n) is 5.86. The van der Waals surface area contributed by atoms with Gasteiger partial charge in [0.1, 0.15) is 11.9 Å². The maximum atomic E-state index is 10.4. The van der Waals surface area contributed by atoms with Gasteiger partial charge in [0.2, 0.25) is 0 Å². The van der Waals surface area contributed by atoms with E-state index in [0.717, 1.165) is 16.7 Å². The van der Waals surface area contributed by atoms with Crippen molar-refractivity contribution < 1.29 is 9.84 Å². The highest BCUT2D eigenvalue weighted by molar-refractivity contribution is 5.40. The number of para-hydroxylation sites is 1. The van der Waals surface area contributed by atoms with E-state index < -0.39 is 6.10 Å². The van der Waals surface area contributed by atoms with E-state index in [1.807, 2.05) is 48.5 Å². The highest BCUT2D eigenvalue weighted by Gasteiger charge is 2.14. The number of methoxy groups -OCH3 is 1. The lowest BCUT2D eigenvalue weighted by atomic mass is 9.99. The first-order chi connectivity index (χ1) is 8.76. The average molecular weight is 243 g/mol. The summed E-state index contributed by atoms with van der Waals surface area (Å²) in [6.07, 6.45) is -0.687. The standard InChI is InChI=1S/C15H17NO2/c1-18-14-5-3-2-4-13(14)15(17)12-8-6-11(10-16)7-9-12/h2-9,15,17H,10,16H2,1H3. The summed E-state index contributed by atoms with van der Waals surface area (Å²) in [5, 5.41) is 10.4. The Morgan fingerprint density at radius 1 is 1.11 bits per heavy atom. The fraction of sp³-hybridized carbons (Fsp3) is 0.200. The van der Waals surface area contributed by atoms with E-state index in [0.29, 0.717) is 12.3 Å². The van der Waals surface area contributed by atoms with E-state index >= 15 is 0 Å². The van der Waals surface area contributed by atoms with Crippen LogP contribution in [0.5, 0.6) is 5.75 Å². The van der Waals surface area contributed by atoms with Gasteiger partial charge in [-0.3, -0.25) is 0 Å². The molecule has 0 amide bonds. The van der Waals surface area contributed by atoms with E-state index in [-0.39, 0.29) is 0 Å². The Hall–Kier alpha value is -1.84. The third kappa shape index (κ3) is 2.53. The minimum absolute atomic E-state index is 0.505. The molecule has 1 atom stereocenters. The van der Waals surface area contributed by atoms with E-state index in [9.17, 15) is 5.11 Å². The molecule has 2 aromatic carbocycles. The van der Waals surface area contributed by atoms with Gasteiger partial charge in [0.15, 0.2) is 0 Å². The smallest absolute Gasteiger partial charge is 0.125 e.